The first-order valence-electron chi connectivity index (χ1n) is 3.76. The molecular weight excluding hydrogens is 237 g/mol. The number of alkyl halides is 3. The minimum atomic E-state index is -4.60. The number of hydrogen-bond donors (Lipinski definition) is 4. The van der Waals surface area contributed by atoms with E-state index >= 15 is 0 Å². The SMILES string of the molecule is N=C(N)CCNS(=O)(=O)NCC(F)(F)F. The van der Waals surface area contributed by atoms with Crippen LogP contribution in [0.1, 0.15) is 6.42 Å². The van der Waals surface area contributed by atoms with Crippen molar-refractivity contribution in [1.82, 2.24) is 9.44 Å². The summed E-state index contributed by atoms with van der Waals surface area (Å²) in [6, 6.07) is 0. The van der Waals surface area contributed by atoms with Gasteiger partial charge in [-0.25, -0.2) is 4.72 Å². The van der Waals surface area contributed by atoms with Crippen LogP contribution in [0.15, 0.2) is 0 Å². The Labute approximate surface area is 84.7 Å². The fraction of sp³-hybridized carbons (Fsp3) is 0.800. The van der Waals surface area contributed by atoms with Gasteiger partial charge < -0.3 is 5.73 Å². The summed E-state index contributed by atoms with van der Waals surface area (Å²) in [7, 11) is -4.18. The van der Waals surface area contributed by atoms with E-state index in [0.29, 0.717) is 0 Å². The highest BCUT2D eigenvalue weighted by Gasteiger charge is 2.29. The van der Waals surface area contributed by atoms with Gasteiger partial charge in [-0.2, -0.15) is 26.3 Å². The standard InChI is InChI=1S/C5H11F3N4O2S/c6-5(7,8)3-12-15(13,14)11-2-1-4(9)10/h11-12H,1-3H2,(H3,9,10). The van der Waals surface area contributed by atoms with Crippen LogP contribution in [0.4, 0.5) is 13.2 Å². The molecule has 0 amide bonds. The Balaban J connectivity index is 3.94. The zero-order valence-corrected chi connectivity index (χ0v) is 8.37. The lowest BCUT2D eigenvalue weighted by Crippen LogP contribution is -2.42. The van der Waals surface area contributed by atoms with E-state index in [1.807, 2.05) is 0 Å². The van der Waals surface area contributed by atoms with Crippen molar-refractivity contribution in [2.75, 3.05) is 13.1 Å². The molecular formula is C5H11F3N4O2S. The highest BCUT2D eigenvalue weighted by molar-refractivity contribution is 7.87. The number of rotatable bonds is 6. The van der Waals surface area contributed by atoms with Crippen molar-refractivity contribution in [3.8, 4) is 0 Å². The van der Waals surface area contributed by atoms with E-state index in [0.717, 1.165) is 0 Å². The Hall–Kier alpha value is -0.870. The molecule has 5 N–H and O–H groups in total. The molecule has 10 heteroatoms. The fourth-order valence-electron chi connectivity index (χ4n) is 0.548. The van der Waals surface area contributed by atoms with E-state index in [-0.39, 0.29) is 18.8 Å². The maximum atomic E-state index is 11.6. The van der Waals surface area contributed by atoms with Crippen LogP contribution in [0.5, 0.6) is 0 Å². The summed E-state index contributed by atoms with van der Waals surface area (Å²) in [5, 5.41) is 6.75. The van der Waals surface area contributed by atoms with Crippen LogP contribution in [0.2, 0.25) is 0 Å². The second-order valence-electron chi connectivity index (χ2n) is 2.61. The first-order valence-corrected chi connectivity index (χ1v) is 5.24. The molecule has 0 rings (SSSR count). The number of hydrogen-bond acceptors (Lipinski definition) is 3. The van der Waals surface area contributed by atoms with Gasteiger partial charge in [-0.05, 0) is 0 Å². The quantitative estimate of drug-likeness (QED) is 0.368. The zero-order valence-electron chi connectivity index (χ0n) is 7.56. The molecule has 0 saturated carbocycles. The molecule has 0 fully saturated rings. The zero-order chi connectivity index (χ0) is 12.1. The Kier molecular flexibility index (Phi) is 4.97. The summed E-state index contributed by atoms with van der Waals surface area (Å²) in [5.74, 6) is -0.256. The van der Waals surface area contributed by atoms with Gasteiger partial charge in [-0.15, -0.1) is 0 Å². The van der Waals surface area contributed by atoms with Crippen molar-refractivity contribution in [2.24, 2.45) is 5.73 Å². The Bertz CT molecular complexity index is 313. The molecule has 90 valence electrons. The van der Waals surface area contributed by atoms with Crippen LogP contribution >= 0.6 is 0 Å². The van der Waals surface area contributed by atoms with Crippen molar-refractivity contribution in [3.05, 3.63) is 0 Å². The van der Waals surface area contributed by atoms with Crippen LogP contribution in [0, 0.1) is 5.41 Å². The molecule has 0 aromatic carbocycles. The molecule has 0 aliphatic carbocycles. The number of halogens is 3. The third kappa shape index (κ3) is 9.43. The highest BCUT2D eigenvalue weighted by Crippen LogP contribution is 2.12. The molecule has 0 saturated heterocycles. The average molecular weight is 248 g/mol. The maximum absolute atomic E-state index is 11.6. The van der Waals surface area contributed by atoms with E-state index in [2.05, 4.69) is 0 Å². The molecule has 0 radical (unpaired) electrons. The molecule has 0 aliphatic rings. The van der Waals surface area contributed by atoms with Crippen LogP contribution in [-0.2, 0) is 10.2 Å². The first-order chi connectivity index (χ1) is 6.62. The molecule has 6 nitrogen and oxygen atoms in total. The molecule has 0 spiro atoms. The minimum Gasteiger partial charge on any atom is -0.388 e. The smallest absolute Gasteiger partial charge is 0.388 e. The summed E-state index contributed by atoms with van der Waals surface area (Å²) in [6.07, 6.45) is -4.66. The van der Waals surface area contributed by atoms with Crippen LogP contribution in [0.3, 0.4) is 0 Å². The van der Waals surface area contributed by atoms with Gasteiger partial charge in [0.15, 0.2) is 0 Å². The third-order valence-electron chi connectivity index (χ3n) is 1.15. The van der Waals surface area contributed by atoms with Gasteiger partial charge in [-0.1, -0.05) is 0 Å². The molecule has 0 atom stereocenters. The largest absolute Gasteiger partial charge is 0.402 e. The van der Waals surface area contributed by atoms with E-state index < -0.39 is 22.9 Å². The van der Waals surface area contributed by atoms with Crippen molar-refractivity contribution < 1.29 is 21.6 Å². The molecule has 15 heavy (non-hydrogen) atoms. The van der Waals surface area contributed by atoms with Crippen molar-refractivity contribution in [3.63, 3.8) is 0 Å². The van der Waals surface area contributed by atoms with Gasteiger partial charge >= 0.3 is 6.18 Å². The van der Waals surface area contributed by atoms with Gasteiger partial charge in [-0.3, -0.25) is 5.41 Å². The van der Waals surface area contributed by atoms with Gasteiger partial charge in [0.25, 0.3) is 10.2 Å². The van der Waals surface area contributed by atoms with E-state index in [4.69, 9.17) is 11.1 Å². The Morgan fingerprint density at radius 2 is 1.87 bits per heavy atom. The number of nitrogens with one attached hydrogen (secondary N) is 3. The number of amidine groups is 1. The molecule has 0 aliphatic heterocycles. The molecule has 0 heterocycles. The predicted molar refractivity (Wildman–Crippen MR) is 47.5 cm³/mol. The lowest BCUT2D eigenvalue weighted by atomic mass is 10.4. The van der Waals surface area contributed by atoms with Gasteiger partial charge in [0, 0.05) is 13.0 Å². The second kappa shape index (κ2) is 5.28. The van der Waals surface area contributed by atoms with Crippen molar-refractivity contribution >= 4 is 16.0 Å². The Morgan fingerprint density at radius 3 is 2.27 bits per heavy atom. The van der Waals surface area contributed by atoms with Crippen LogP contribution < -0.4 is 15.2 Å². The van der Waals surface area contributed by atoms with Gasteiger partial charge in [0.05, 0.1) is 5.84 Å². The third-order valence-corrected chi connectivity index (χ3v) is 2.26. The topological polar surface area (TPSA) is 108 Å². The summed E-state index contributed by atoms with van der Waals surface area (Å²) >= 11 is 0. The Morgan fingerprint density at radius 1 is 1.33 bits per heavy atom. The molecule has 0 bridgehead atoms. The minimum absolute atomic E-state index is 0.0626. The van der Waals surface area contributed by atoms with Crippen LogP contribution in [0.25, 0.3) is 0 Å². The summed E-state index contributed by atoms with van der Waals surface area (Å²) in [4.78, 5) is 0. The summed E-state index contributed by atoms with van der Waals surface area (Å²) in [6.45, 7) is -1.86. The van der Waals surface area contributed by atoms with E-state index in [9.17, 15) is 21.6 Å². The van der Waals surface area contributed by atoms with Gasteiger partial charge in [0.2, 0.25) is 0 Å². The molecule has 0 aromatic rings. The van der Waals surface area contributed by atoms with Crippen molar-refractivity contribution in [1.29, 1.82) is 5.41 Å². The average Bonchev–Trinajstić information content (AvgIpc) is 1.99. The summed E-state index contributed by atoms with van der Waals surface area (Å²) in [5.41, 5.74) is 4.91. The highest BCUT2D eigenvalue weighted by atomic mass is 32.2. The lowest BCUT2D eigenvalue weighted by Gasteiger charge is -2.09. The maximum Gasteiger partial charge on any atom is 0.402 e. The fourth-order valence-corrected chi connectivity index (χ4v) is 1.37. The van der Waals surface area contributed by atoms with Crippen LogP contribution in [-0.4, -0.2) is 33.5 Å². The normalized spacial score (nSPS) is 12.7. The summed E-state index contributed by atoms with van der Waals surface area (Å²) < 4.78 is 59.6. The lowest BCUT2D eigenvalue weighted by molar-refractivity contribution is -0.121. The van der Waals surface area contributed by atoms with E-state index in [1.54, 1.807) is 4.72 Å². The van der Waals surface area contributed by atoms with E-state index in [1.165, 1.54) is 4.72 Å². The first kappa shape index (κ1) is 14.1. The number of nitrogens with two attached hydrogens (primary N) is 1. The monoisotopic (exact) mass is 248 g/mol. The molecule has 0 aromatic heterocycles. The van der Waals surface area contributed by atoms with Gasteiger partial charge in [0.1, 0.15) is 6.54 Å². The van der Waals surface area contributed by atoms with Crippen molar-refractivity contribution in [2.45, 2.75) is 12.6 Å². The predicted octanol–water partition coefficient (Wildman–Crippen LogP) is -0.701. The second-order valence-corrected chi connectivity index (χ2v) is 4.19. The molecule has 0 unspecified atom stereocenters.